The smallest absolute Gasteiger partial charge is 0.347 e. The van der Waals surface area contributed by atoms with Crippen LogP contribution in [0.15, 0.2) is 63.8 Å². The predicted octanol–water partition coefficient (Wildman–Crippen LogP) is 3.17. The largest absolute Gasteiger partial charge is 0.491 e. The van der Waals surface area contributed by atoms with Crippen LogP contribution in [0.1, 0.15) is 0 Å². The van der Waals surface area contributed by atoms with Crippen molar-refractivity contribution in [2.45, 2.75) is 0 Å². The van der Waals surface area contributed by atoms with E-state index in [1.807, 2.05) is 48.5 Å². The quantitative estimate of drug-likeness (QED) is 0.661. The lowest BCUT2D eigenvalue weighted by Gasteiger charge is -2.26. The van der Waals surface area contributed by atoms with Crippen LogP contribution in [0.25, 0.3) is 22.1 Å². The Morgan fingerprint density at radius 3 is 2.50 bits per heavy atom. The summed E-state index contributed by atoms with van der Waals surface area (Å²) in [6.45, 7) is 4.64. The minimum atomic E-state index is -0.378. The molecule has 1 saturated heterocycles. The molecule has 0 amide bonds. The van der Waals surface area contributed by atoms with Crippen LogP contribution in [0.4, 0.5) is 0 Å². The summed E-state index contributed by atoms with van der Waals surface area (Å²) < 4.78 is 17.0. The lowest BCUT2D eigenvalue weighted by atomic mass is 10.0. The molecule has 0 radical (unpaired) electrons. The van der Waals surface area contributed by atoms with Gasteiger partial charge in [-0.3, -0.25) is 4.90 Å². The first kappa shape index (κ1) is 16.8. The van der Waals surface area contributed by atoms with E-state index in [4.69, 9.17) is 13.9 Å². The Kier molecular flexibility index (Phi) is 5.00. The van der Waals surface area contributed by atoms with E-state index in [0.717, 1.165) is 43.8 Å². The zero-order valence-electron chi connectivity index (χ0n) is 14.5. The summed E-state index contributed by atoms with van der Waals surface area (Å²) >= 11 is 0. The van der Waals surface area contributed by atoms with Crippen molar-refractivity contribution in [2.75, 3.05) is 39.5 Å². The zero-order chi connectivity index (χ0) is 17.8. The monoisotopic (exact) mass is 351 g/mol. The molecule has 1 aromatic heterocycles. The second-order valence-corrected chi connectivity index (χ2v) is 6.26. The predicted molar refractivity (Wildman–Crippen MR) is 101 cm³/mol. The maximum Gasteiger partial charge on any atom is 0.347 e. The van der Waals surface area contributed by atoms with Gasteiger partial charge in [0.15, 0.2) is 0 Å². The van der Waals surface area contributed by atoms with Gasteiger partial charge in [0, 0.05) is 19.6 Å². The van der Waals surface area contributed by atoms with E-state index in [1.54, 1.807) is 6.07 Å². The molecule has 5 nitrogen and oxygen atoms in total. The molecule has 3 aromatic rings. The highest BCUT2D eigenvalue weighted by Crippen LogP contribution is 2.34. The van der Waals surface area contributed by atoms with Gasteiger partial charge in [0.25, 0.3) is 0 Å². The third-order valence-electron chi connectivity index (χ3n) is 4.59. The second kappa shape index (κ2) is 7.72. The van der Waals surface area contributed by atoms with Gasteiger partial charge in [-0.05, 0) is 17.7 Å². The Hall–Kier alpha value is -2.63. The van der Waals surface area contributed by atoms with Gasteiger partial charge in [-0.15, -0.1) is 0 Å². The lowest BCUT2D eigenvalue weighted by Crippen LogP contribution is -2.38. The molecule has 1 aliphatic heterocycles. The van der Waals surface area contributed by atoms with Crippen molar-refractivity contribution in [1.29, 1.82) is 0 Å². The number of rotatable bonds is 5. The van der Waals surface area contributed by atoms with E-state index in [2.05, 4.69) is 4.90 Å². The number of benzene rings is 2. The molecule has 1 aliphatic rings. The molecule has 134 valence electrons. The van der Waals surface area contributed by atoms with E-state index < -0.39 is 0 Å². The van der Waals surface area contributed by atoms with Crippen LogP contribution in [0.3, 0.4) is 0 Å². The van der Waals surface area contributed by atoms with Crippen LogP contribution < -0.4 is 10.4 Å². The highest BCUT2D eigenvalue weighted by Gasteiger charge is 2.18. The molecule has 0 spiro atoms. The Morgan fingerprint density at radius 1 is 0.962 bits per heavy atom. The minimum absolute atomic E-state index is 0.378. The second-order valence-electron chi connectivity index (χ2n) is 6.26. The van der Waals surface area contributed by atoms with E-state index in [1.165, 1.54) is 0 Å². The summed E-state index contributed by atoms with van der Waals surface area (Å²) in [4.78, 5) is 15.0. The first-order chi connectivity index (χ1) is 12.8. The van der Waals surface area contributed by atoms with Gasteiger partial charge < -0.3 is 13.9 Å². The molecule has 4 rings (SSSR count). The van der Waals surface area contributed by atoms with Crippen molar-refractivity contribution in [2.24, 2.45) is 0 Å². The summed E-state index contributed by atoms with van der Waals surface area (Å²) in [5, 5.41) is 0.813. The fraction of sp³-hybridized carbons (Fsp3) is 0.286. The number of para-hydroxylation sites is 1. The van der Waals surface area contributed by atoms with Crippen LogP contribution in [0.5, 0.6) is 5.75 Å². The first-order valence-electron chi connectivity index (χ1n) is 8.87. The molecule has 0 atom stereocenters. The van der Waals surface area contributed by atoms with Crippen LogP contribution in [-0.4, -0.2) is 44.4 Å². The Balaban J connectivity index is 1.69. The standard InChI is InChI=1S/C21H21NO4/c23-21-19(16-6-2-1-3-7-16)20(17-8-4-5-9-18(17)26-21)25-15-12-22-10-13-24-14-11-22/h1-9H,10-15H2. The van der Waals surface area contributed by atoms with E-state index >= 15 is 0 Å². The molecule has 5 heteroatoms. The number of hydrogen-bond acceptors (Lipinski definition) is 5. The van der Waals surface area contributed by atoms with Crippen LogP contribution >= 0.6 is 0 Å². The number of morpholine rings is 1. The third-order valence-corrected chi connectivity index (χ3v) is 4.59. The number of ether oxygens (including phenoxy) is 2. The fourth-order valence-corrected chi connectivity index (χ4v) is 3.23. The van der Waals surface area contributed by atoms with Gasteiger partial charge >= 0.3 is 5.63 Å². The summed E-state index contributed by atoms with van der Waals surface area (Å²) in [6.07, 6.45) is 0. The number of nitrogens with zero attached hydrogens (tertiary/aromatic N) is 1. The van der Waals surface area contributed by atoms with Gasteiger partial charge in [-0.1, -0.05) is 42.5 Å². The molecule has 0 unspecified atom stereocenters. The Morgan fingerprint density at radius 2 is 1.69 bits per heavy atom. The average molecular weight is 351 g/mol. The van der Waals surface area contributed by atoms with Crippen LogP contribution in [0.2, 0.25) is 0 Å². The van der Waals surface area contributed by atoms with Crippen molar-refractivity contribution >= 4 is 11.0 Å². The highest BCUT2D eigenvalue weighted by molar-refractivity contribution is 5.90. The fourth-order valence-electron chi connectivity index (χ4n) is 3.23. The molecule has 0 aliphatic carbocycles. The van der Waals surface area contributed by atoms with E-state index in [-0.39, 0.29) is 5.63 Å². The van der Waals surface area contributed by atoms with Crippen molar-refractivity contribution in [3.05, 3.63) is 65.0 Å². The molecular weight excluding hydrogens is 330 g/mol. The molecule has 0 saturated carbocycles. The normalized spacial score (nSPS) is 15.2. The molecule has 1 fully saturated rings. The van der Waals surface area contributed by atoms with Gasteiger partial charge in [-0.25, -0.2) is 4.79 Å². The van der Waals surface area contributed by atoms with Gasteiger partial charge in [0.05, 0.1) is 18.6 Å². The summed E-state index contributed by atoms with van der Waals surface area (Å²) in [7, 11) is 0. The van der Waals surface area contributed by atoms with Crippen molar-refractivity contribution < 1.29 is 13.9 Å². The Labute approximate surface area is 151 Å². The van der Waals surface area contributed by atoms with Crippen molar-refractivity contribution in [3.63, 3.8) is 0 Å². The van der Waals surface area contributed by atoms with E-state index in [9.17, 15) is 4.79 Å². The topological polar surface area (TPSA) is 51.9 Å². The lowest BCUT2D eigenvalue weighted by molar-refractivity contribution is 0.0323. The SMILES string of the molecule is O=c1oc2ccccc2c(OCCN2CCOCC2)c1-c1ccccc1. The molecule has 0 bridgehead atoms. The maximum atomic E-state index is 12.6. The third kappa shape index (κ3) is 3.49. The van der Waals surface area contributed by atoms with E-state index in [0.29, 0.717) is 23.5 Å². The highest BCUT2D eigenvalue weighted by atomic mass is 16.5. The zero-order valence-corrected chi connectivity index (χ0v) is 14.5. The number of hydrogen-bond donors (Lipinski definition) is 0. The Bertz CT molecular complexity index is 930. The molecule has 0 N–H and O–H groups in total. The summed E-state index contributed by atoms with van der Waals surface area (Å²) in [6, 6.07) is 17.0. The summed E-state index contributed by atoms with van der Waals surface area (Å²) in [5.74, 6) is 0.594. The average Bonchev–Trinajstić information content (AvgIpc) is 2.69. The molecule has 2 heterocycles. The van der Waals surface area contributed by atoms with Crippen molar-refractivity contribution in [1.82, 2.24) is 4.90 Å². The summed E-state index contributed by atoms with van der Waals surface area (Å²) in [5.41, 5.74) is 1.44. The maximum absolute atomic E-state index is 12.6. The number of fused-ring (bicyclic) bond motifs is 1. The van der Waals surface area contributed by atoms with Gasteiger partial charge in [-0.2, -0.15) is 0 Å². The van der Waals surface area contributed by atoms with Crippen LogP contribution in [0, 0.1) is 0 Å². The first-order valence-corrected chi connectivity index (χ1v) is 8.87. The molecule has 2 aromatic carbocycles. The van der Waals surface area contributed by atoms with Gasteiger partial charge in [0.1, 0.15) is 23.5 Å². The molecular formula is C21H21NO4. The minimum Gasteiger partial charge on any atom is -0.491 e. The van der Waals surface area contributed by atoms with Gasteiger partial charge in [0.2, 0.25) is 0 Å². The van der Waals surface area contributed by atoms with Crippen molar-refractivity contribution in [3.8, 4) is 16.9 Å². The molecule has 26 heavy (non-hydrogen) atoms. The van der Waals surface area contributed by atoms with Crippen LogP contribution in [-0.2, 0) is 4.74 Å².